The van der Waals surface area contributed by atoms with Crippen LogP contribution in [0.1, 0.15) is 18.5 Å². The fraction of sp³-hybridized carbons (Fsp3) is 0.375. The lowest BCUT2D eigenvalue weighted by Gasteiger charge is -2.13. The summed E-state index contributed by atoms with van der Waals surface area (Å²) >= 11 is 5.66. The normalized spacial score (nSPS) is 15.4. The maximum absolute atomic E-state index is 11.2. The van der Waals surface area contributed by atoms with Crippen LogP contribution >= 0.6 is 11.6 Å². The van der Waals surface area contributed by atoms with Crippen molar-refractivity contribution in [1.29, 1.82) is 0 Å². The molecule has 0 radical (unpaired) electrons. The van der Waals surface area contributed by atoms with Crippen LogP contribution in [0.4, 0.5) is 0 Å². The Kier molecular flexibility index (Phi) is 3.08. The summed E-state index contributed by atoms with van der Waals surface area (Å²) in [5.74, 6) is 0. The third-order valence-electron chi connectivity index (χ3n) is 1.78. The van der Waals surface area contributed by atoms with Crippen molar-refractivity contribution >= 4 is 11.6 Å². The van der Waals surface area contributed by atoms with Crippen molar-refractivity contribution in [3.63, 3.8) is 0 Å². The van der Waals surface area contributed by atoms with E-state index in [2.05, 4.69) is 4.98 Å². The fourth-order valence-corrected chi connectivity index (χ4v) is 1.15. The number of nitrogens with one attached hydrogen (secondary N) is 1. The number of aliphatic hydroxyl groups is 1. The number of halogens is 1. The fourth-order valence-electron chi connectivity index (χ4n) is 0.981. The molecule has 1 heterocycles. The van der Waals surface area contributed by atoms with E-state index < -0.39 is 12.1 Å². The van der Waals surface area contributed by atoms with Crippen LogP contribution < -0.4 is 11.3 Å². The quantitative estimate of drug-likeness (QED) is 0.650. The van der Waals surface area contributed by atoms with Crippen LogP contribution in [0, 0.1) is 0 Å². The molecule has 0 amide bonds. The predicted octanol–water partition coefficient (Wildman–Crippen LogP) is 0.409. The van der Waals surface area contributed by atoms with Gasteiger partial charge in [-0.2, -0.15) is 0 Å². The number of hydrogen-bond acceptors (Lipinski definition) is 3. The largest absolute Gasteiger partial charge is 0.391 e. The minimum Gasteiger partial charge on any atom is -0.391 e. The highest BCUT2D eigenvalue weighted by Crippen LogP contribution is 2.13. The first-order valence-corrected chi connectivity index (χ1v) is 4.22. The number of rotatable bonds is 2. The van der Waals surface area contributed by atoms with Crippen molar-refractivity contribution in [2.75, 3.05) is 0 Å². The number of aliphatic hydroxyl groups excluding tert-OH is 1. The van der Waals surface area contributed by atoms with Crippen LogP contribution in [-0.2, 0) is 0 Å². The number of aromatic nitrogens is 1. The van der Waals surface area contributed by atoms with E-state index in [0.717, 1.165) is 0 Å². The average Bonchev–Trinajstić information content (AvgIpc) is 2.08. The second-order valence-electron chi connectivity index (χ2n) is 2.87. The van der Waals surface area contributed by atoms with Crippen LogP contribution in [0.2, 0.25) is 5.02 Å². The molecule has 5 heteroatoms. The van der Waals surface area contributed by atoms with Gasteiger partial charge < -0.3 is 15.8 Å². The number of H-pyrrole nitrogens is 1. The standard InChI is InChI=1S/C8H11ClN2O2/c1-4(12)7(10)6-2-5(9)3-11-8(6)13/h2-4,7,12H,10H2,1H3,(H,11,13)/t4-,7+/m1/s1. The second kappa shape index (κ2) is 3.91. The minimum absolute atomic E-state index is 0.294. The highest BCUT2D eigenvalue weighted by Gasteiger charge is 2.15. The molecule has 4 N–H and O–H groups in total. The molecule has 0 aromatic carbocycles. The van der Waals surface area contributed by atoms with Gasteiger partial charge in [-0.15, -0.1) is 0 Å². The summed E-state index contributed by atoms with van der Waals surface area (Å²) in [6, 6.07) is 0.750. The molecule has 0 bridgehead atoms. The van der Waals surface area contributed by atoms with Gasteiger partial charge in [0.05, 0.1) is 17.2 Å². The van der Waals surface area contributed by atoms with Gasteiger partial charge in [-0.25, -0.2) is 0 Å². The van der Waals surface area contributed by atoms with E-state index in [9.17, 15) is 4.79 Å². The SMILES string of the molecule is C[C@@H](O)[C@H](N)c1cc(Cl)c[nH]c1=O. The molecule has 0 spiro atoms. The lowest BCUT2D eigenvalue weighted by molar-refractivity contribution is 0.163. The summed E-state index contributed by atoms with van der Waals surface area (Å²) in [6.45, 7) is 1.52. The molecule has 13 heavy (non-hydrogen) atoms. The van der Waals surface area contributed by atoms with Gasteiger partial charge in [0.15, 0.2) is 0 Å². The number of nitrogens with two attached hydrogens (primary N) is 1. The zero-order valence-electron chi connectivity index (χ0n) is 7.12. The van der Waals surface area contributed by atoms with E-state index in [1.807, 2.05) is 0 Å². The van der Waals surface area contributed by atoms with E-state index >= 15 is 0 Å². The Morgan fingerprint density at radius 3 is 2.85 bits per heavy atom. The van der Waals surface area contributed by atoms with Crippen molar-refractivity contribution < 1.29 is 5.11 Å². The lowest BCUT2D eigenvalue weighted by atomic mass is 10.1. The van der Waals surface area contributed by atoms with Crippen LogP contribution in [0.5, 0.6) is 0 Å². The van der Waals surface area contributed by atoms with E-state index in [1.54, 1.807) is 0 Å². The number of hydrogen-bond donors (Lipinski definition) is 3. The van der Waals surface area contributed by atoms with E-state index in [4.69, 9.17) is 22.4 Å². The topological polar surface area (TPSA) is 79.1 Å². The molecule has 72 valence electrons. The summed E-state index contributed by atoms with van der Waals surface area (Å²) in [6.07, 6.45) is 0.599. The van der Waals surface area contributed by atoms with E-state index in [1.165, 1.54) is 19.2 Å². The molecule has 1 aromatic heterocycles. The summed E-state index contributed by atoms with van der Waals surface area (Å²) in [5, 5.41) is 9.56. The molecule has 4 nitrogen and oxygen atoms in total. The Labute approximate surface area is 80.3 Å². The van der Waals surface area contributed by atoms with Gasteiger partial charge in [0.2, 0.25) is 0 Å². The van der Waals surface area contributed by atoms with Crippen molar-refractivity contribution in [2.45, 2.75) is 19.1 Å². The molecular formula is C8H11ClN2O2. The Balaban J connectivity index is 3.13. The third kappa shape index (κ3) is 2.30. The molecule has 0 aliphatic rings. The predicted molar refractivity (Wildman–Crippen MR) is 50.7 cm³/mol. The molecular weight excluding hydrogens is 192 g/mol. The highest BCUT2D eigenvalue weighted by molar-refractivity contribution is 6.30. The smallest absolute Gasteiger partial charge is 0.252 e. The van der Waals surface area contributed by atoms with Crippen LogP contribution in [0.15, 0.2) is 17.1 Å². The van der Waals surface area contributed by atoms with Gasteiger partial charge in [-0.3, -0.25) is 4.79 Å². The Bertz CT molecular complexity index is 348. The zero-order valence-corrected chi connectivity index (χ0v) is 7.88. The summed E-state index contributed by atoms with van der Waals surface area (Å²) < 4.78 is 0. The minimum atomic E-state index is -0.778. The first-order valence-electron chi connectivity index (χ1n) is 3.84. The molecule has 0 saturated heterocycles. The average molecular weight is 203 g/mol. The lowest BCUT2D eigenvalue weighted by Crippen LogP contribution is -2.29. The van der Waals surface area contributed by atoms with Crippen LogP contribution in [0.3, 0.4) is 0 Å². The highest BCUT2D eigenvalue weighted by atomic mass is 35.5. The first kappa shape index (κ1) is 10.2. The van der Waals surface area contributed by atoms with Gasteiger partial charge >= 0.3 is 0 Å². The Morgan fingerprint density at radius 1 is 1.69 bits per heavy atom. The van der Waals surface area contributed by atoms with Crippen molar-refractivity contribution in [3.05, 3.63) is 33.2 Å². The van der Waals surface area contributed by atoms with Crippen molar-refractivity contribution in [3.8, 4) is 0 Å². The van der Waals surface area contributed by atoms with E-state index in [-0.39, 0.29) is 5.56 Å². The van der Waals surface area contributed by atoms with Crippen LogP contribution in [-0.4, -0.2) is 16.2 Å². The van der Waals surface area contributed by atoms with Crippen molar-refractivity contribution in [2.24, 2.45) is 5.73 Å². The van der Waals surface area contributed by atoms with Crippen molar-refractivity contribution in [1.82, 2.24) is 4.98 Å². The molecule has 0 saturated carbocycles. The summed E-state index contributed by atoms with van der Waals surface area (Å²) in [7, 11) is 0. The molecule has 0 unspecified atom stereocenters. The van der Waals surface area contributed by atoms with E-state index in [0.29, 0.717) is 10.6 Å². The molecule has 0 fully saturated rings. The van der Waals surface area contributed by atoms with Gasteiger partial charge in [0.1, 0.15) is 0 Å². The van der Waals surface area contributed by atoms with Gasteiger partial charge in [0.25, 0.3) is 5.56 Å². The molecule has 0 aliphatic heterocycles. The van der Waals surface area contributed by atoms with Gasteiger partial charge in [-0.1, -0.05) is 11.6 Å². The second-order valence-corrected chi connectivity index (χ2v) is 3.31. The summed E-state index contributed by atoms with van der Waals surface area (Å²) in [4.78, 5) is 13.6. The van der Waals surface area contributed by atoms with Crippen LogP contribution in [0.25, 0.3) is 0 Å². The molecule has 1 rings (SSSR count). The number of pyridine rings is 1. The maximum atomic E-state index is 11.2. The monoisotopic (exact) mass is 202 g/mol. The molecule has 0 aliphatic carbocycles. The number of aromatic amines is 1. The molecule has 1 aromatic rings. The third-order valence-corrected chi connectivity index (χ3v) is 1.99. The van der Waals surface area contributed by atoms with Gasteiger partial charge in [-0.05, 0) is 13.0 Å². The summed E-state index contributed by atoms with van der Waals surface area (Å²) in [5.41, 5.74) is 5.55. The Hall–Kier alpha value is -0.840. The Morgan fingerprint density at radius 2 is 2.31 bits per heavy atom. The maximum Gasteiger partial charge on any atom is 0.252 e. The zero-order chi connectivity index (χ0) is 10.0. The first-order chi connectivity index (χ1) is 6.02. The molecule has 2 atom stereocenters. The van der Waals surface area contributed by atoms with Gasteiger partial charge in [0, 0.05) is 11.8 Å².